The second-order valence-electron chi connectivity index (χ2n) is 5.94. The molecular formula is C19H16ClN5O. The third kappa shape index (κ3) is 3.45. The van der Waals surface area contributed by atoms with E-state index < -0.39 is 0 Å². The van der Waals surface area contributed by atoms with Crippen LogP contribution in [0.2, 0.25) is 0 Å². The molecule has 2 aromatic heterocycles. The smallest absolute Gasteiger partial charge is 0.278 e. The van der Waals surface area contributed by atoms with Crippen LogP contribution >= 0.6 is 11.8 Å². The summed E-state index contributed by atoms with van der Waals surface area (Å²) in [4.78, 5) is 27.0. The van der Waals surface area contributed by atoms with E-state index in [-0.39, 0.29) is 11.5 Å². The van der Waals surface area contributed by atoms with Gasteiger partial charge in [-0.05, 0) is 11.1 Å². The van der Waals surface area contributed by atoms with E-state index in [4.69, 9.17) is 11.8 Å². The molecule has 0 atom stereocenters. The number of nitrogens with one attached hydrogen (secondary N) is 2. The van der Waals surface area contributed by atoms with Gasteiger partial charge in [0, 0.05) is 18.2 Å². The highest BCUT2D eigenvalue weighted by atomic mass is 35.5. The number of imidazole rings is 1. The van der Waals surface area contributed by atoms with Crippen LogP contribution in [-0.2, 0) is 13.0 Å². The summed E-state index contributed by atoms with van der Waals surface area (Å²) >= 11 is 6.31. The van der Waals surface area contributed by atoms with Crippen LogP contribution < -0.4 is 9.98 Å². The van der Waals surface area contributed by atoms with Gasteiger partial charge in [-0.25, -0.2) is 9.40 Å². The summed E-state index contributed by atoms with van der Waals surface area (Å²) in [7, 11) is 0. The Bertz CT molecular complexity index is 1080. The van der Waals surface area contributed by atoms with Crippen LogP contribution in [0.3, 0.4) is 0 Å². The molecule has 0 spiro atoms. The van der Waals surface area contributed by atoms with Crippen LogP contribution in [0, 0.1) is 0 Å². The summed E-state index contributed by atoms with van der Waals surface area (Å²) in [5, 5.41) is 0. The average molecular weight is 366 g/mol. The Hall–Kier alpha value is -3.12. The number of H-pyrrole nitrogens is 2. The van der Waals surface area contributed by atoms with Gasteiger partial charge >= 0.3 is 0 Å². The predicted molar refractivity (Wildman–Crippen MR) is 102 cm³/mol. The first kappa shape index (κ1) is 16.4. The van der Waals surface area contributed by atoms with Crippen LogP contribution in [-0.4, -0.2) is 19.9 Å². The highest BCUT2D eigenvalue weighted by molar-refractivity contribution is 6.24. The van der Waals surface area contributed by atoms with E-state index in [9.17, 15) is 4.79 Å². The lowest BCUT2D eigenvalue weighted by Gasteiger charge is -2.13. The summed E-state index contributed by atoms with van der Waals surface area (Å²) in [5.41, 5.74) is 2.52. The molecule has 0 radical (unpaired) electrons. The van der Waals surface area contributed by atoms with Gasteiger partial charge in [0.2, 0.25) is 5.95 Å². The van der Waals surface area contributed by atoms with E-state index in [1.54, 1.807) is 0 Å². The summed E-state index contributed by atoms with van der Waals surface area (Å²) in [6, 6.07) is 19.6. The molecule has 0 aliphatic rings. The minimum absolute atomic E-state index is 0.269. The maximum Gasteiger partial charge on any atom is 0.278 e. The lowest BCUT2D eigenvalue weighted by atomic mass is 10.1. The molecule has 0 saturated carbocycles. The number of aromatic amines is 2. The molecule has 26 heavy (non-hydrogen) atoms. The Balaban J connectivity index is 1.62. The monoisotopic (exact) mass is 365 g/mol. The number of hydrogen-bond acceptors (Lipinski definition) is 4. The van der Waals surface area contributed by atoms with Crippen LogP contribution in [0.5, 0.6) is 0 Å². The van der Waals surface area contributed by atoms with Crippen LogP contribution in [0.15, 0.2) is 65.5 Å². The second kappa shape index (κ2) is 7.01. The Morgan fingerprint density at radius 3 is 2.23 bits per heavy atom. The average Bonchev–Trinajstić information content (AvgIpc) is 3.06. The molecule has 0 fully saturated rings. The molecule has 2 N–H and O–H groups in total. The zero-order chi connectivity index (χ0) is 17.9. The van der Waals surface area contributed by atoms with Crippen LogP contribution in [0.25, 0.3) is 11.2 Å². The van der Waals surface area contributed by atoms with Gasteiger partial charge in [0.05, 0.1) is 6.54 Å². The minimum Gasteiger partial charge on any atom is -0.336 e. The molecule has 0 bridgehead atoms. The number of hydrogen-bond donors (Lipinski definition) is 2. The largest absolute Gasteiger partial charge is 0.336 e. The molecule has 0 unspecified atom stereocenters. The van der Waals surface area contributed by atoms with E-state index >= 15 is 0 Å². The molecule has 4 aromatic rings. The Morgan fingerprint density at radius 2 is 1.54 bits per heavy atom. The zero-order valence-corrected chi connectivity index (χ0v) is 14.6. The standard InChI is InChI=1S/C19H16ClN5O/c20-25(12-14-9-5-2-6-10-14)19-23-17-16(18(26)24-19)21-15(22-17)11-13-7-3-1-4-8-13/h1-10H,11-12H2,(H2,21,22,23,24,26). The van der Waals surface area contributed by atoms with E-state index in [0.29, 0.717) is 30.0 Å². The lowest BCUT2D eigenvalue weighted by Crippen LogP contribution is -2.18. The van der Waals surface area contributed by atoms with Crippen molar-refractivity contribution < 1.29 is 0 Å². The minimum atomic E-state index is -0.296. The van der Waals surface area contributed by atoms with Gasteiger partial charge in [0.1, 0.15) is 5.82 Å². The summed E-state index contributed by atoms with van der Waals surface area (Å²) in [6.07, 6.45) is 0.598. The van der Waals surface area contributed by atoms with Crippen molar-refractivity contribution in [2.24, 2.45) is 0 Å². The fourth-order valence-corrected chi connectivity index (χ4v) is 2.97. The second-order valence-corrected chi connectivity index (χ2v) is 6.35. The molecule has 2 heterocycles. The Labute approximate surface area is 154 Å². The predicted octanol–water partition coefficient (Wildman–Crippen LogP) is 3.40. The van der Waals surface area contributed by atoms with E-state index in [2.05, 4.69) is 19.9 Å². The quantitative estimate of drug-likeness (QED) is 0.531. The van der Waals surface area contributed by atoms with Crippen molar-refractivity contribution in [2.45, 2.75) is 13.0 Å². The number of anilines is 1. The van der Waals surface area contributed by atoms with Gasteiger partial charge in [-0.2, -0.15) is 4.98 Å². The topological polar surface area (TPSA) is 77.7 Å². The van der Waals surface area contributed by atoms with Crippen molar-refractivity contribution >= 4 is 28.9 Å². The fourth-order valence-electron chi connectivity index (χ4n) is 2.75. The molecule has 4 rings (SSSR count). The van der Waals surface area contributed by atoms with Gasteiger partial charge in [0.25, 0.3) is 5.56 Å². The van der Waals surface area contributed by atoms with Crippen molar-refractivity contribution in [1.82, 2.24) is 19.9 Å². The maximum absolute atomic E-state index is 12.4. The van der Waals surface area contributed by atoms with Crippen molar-refractivity contribution in [3.8, 4) is 0 Å². The third-order valence-corrected chi connectivity index (χ3v) is 4.29. The van der Waals surface area contributed by atoms with Crippen molar-refractivity contribution in [3.63, 3.8) is 0 Å². The Kier molecular flexibility index (Phi) is 4.41. The van der Waals surface area contributed by atoms with Crippen molar-refractivity contribution in [1.29, 1.82) is 0 Å². The summed E-state index contributed by atoms with van der Waals surface area (Å²) < 4.78 is 1.38. The first-order chi connectivity index (χ1) is 12.7. The summed E-state index contributed by atoms with van der Waals surface area (Å²) in [6.45, 7) is 0.415. The molecule has 0 saturated heterocycles. The number of rotatable bonds is 5. The maximum atomic E-state index is 12.4. The molecule has 130 valence electrons. The third-order valence-electron chi connectivity index (χ3n) is 4.01. The van der Waals surface area contributed by atoms with Crippen molar-refractivity contribution in [2.75, 3.05) is 4.42 Å². The van der Waals surface area contributed by atoms with Crippen LogP contribution in [0.4, 0.5) is 5.95 Å². The normalized spacial score (nSPS) is 11.0. The number of aromatic nitrogens is 4. The van der Waals surface area contributed by atoms with Gasteiger partial charge < -0.3 is 4.98 Å². The molecule has 0 amide bonds. The first-order valence-corrected chi connectivity index (χ1v) is 8.53. The number of fused-ring (bicyclic) bond motifs is 1. The summed E-state index contributed by atoms with van der Waals surface area (Å²) in [5.74, 6) is 0.955. The highest BCUT2D eigenvalue weighted by Gasteiger charge is 2.14. The van der Waals surface area contributed by atoms with E-state index in [1.165, 1.54) is 4.42 Å². The molecule has 0 aliphatic heterocycles. The Morgan fingerprint density at radius 1 is 0.885 bits per heavy atom. The zero-order valence-electron chi connectivity index (χ0n) is 13.8. The van der Waals surface area contributed by atoms with E-state index in [1.807, 2.05) is 60.7 Å². The molecule has 2 aromatic carbocycles. The van der Waals surface area contributed by atoms with E-state index in [0.717, 1.165) is 11.1 Å². The van der Waals surface area contributed by atoms with Crippen LogP contribution in [0.1, 0.15) is 17.0 Å². The fraction of sp³-hybridized carbons (Fsp3) is 0.105. The molecule has 7 heteroatoms. The number of halogens is 1. The first-order valence-electron chi connectivity index (χ1n) is 8.19. The SMILES string of the molecule is O=c1[nH]c(N(Cl)Cc2ccccc2)nc2nc(Cc3ccccc3)[nH]c12. The highest BCUT2D eigenvalue weighted by Crippen LogP contribution is 2.16. The van der Waals surface area contributed by atoms with Crippen molar-refractivity contribution in [3.05, 3.63) is 88.0 Å². The number of nitrogens with zero attached hydrogens (tertiary/aromatic N) is 3. The van der Waals surface area contributed by atoms with Gasteiger partial charge in [-0.3, -0.25) is 9.78 Å². The molecular weight excluding hydrogens is 350 g/mol. The van der Waals surface area contributed by atoms with Gasteiger partial charge in [0.15, 0.2) is 11.2 Å². The number of benzene rings is 2. The lowest BCUT2D eigenvalue weighted by molar-refractivity contribution is 0.966. The molecule has 0 aliphatic carbocycles. The van der Waals surface area contributed by atoms with Gasteiger partial charge in [-0.15, -0.1) is 0 Å². The molecule has 6 nitrogen and oxygen atoms in total. The van der Waals surface area contributed by atoms with Gasteiger partial charge in [-0.1, -0.05) is 60.7 Å².